The Kier molecular flexibility index (Phi) is 3.90. The second kappa shape index (κ2) is 5.16. The molecule has 0 fully saturated rings. The average molecular weight is 326 g/mol. The van der Waals surface area contributed by atoms with Gasteiger partial charge in [-0.3, -0.25) is 0 Å². The first-order chi connectivity index (χ1) is 8.76. The maximum Gasteiger partial charge on any atom is 0.410 e. The molecular weight excluding hydrogens is 306 g/mol. The highest BCUT2D eigenvalue weighted by molar-refractivity contribution is 9.10. The maximum absolute atomic E-state index is 12.1. The Morgan fingerprint density at radius 1 is 1.42 bits per heavy atom. The van der Waals surface area contributed by atoms with Crippen LogP contribution in [0.5, 0.6) is 0 Å². The summed E-state index contributed by atoms with van der Waals surface area (Å²) >= 11 is 3.48. The van der Waals surface area contributed by atoms with Crippen LogP contribution in [0.3, 0.4) is 0 Å². The zero-order chi connectivity index (χ0) is 14.2. The van der Waals surface area contributed by atoms with Gasteiger partial charge in [0.05, 0.1) is 0 Å². The first kappa shape index (κ1) is 14.4. The van der Waals surface area contributed by atoms with Crippen molar-refractivity contribution in [3.8, 4) is 0 Å². The lowest BCUT2D eigenvalue weighted by Crippen LogP contribution is -2.41. The van der Waals surface area contributed by atoms with Crippen LogP contribution in [0.15, 0.2) is 22.7 Å². The van der Waals surface area contributed by atoms with Crippen LogP contribution in [0, 0.1) is 0 Å². The van der Waals surface area contributed by atoms with Gasteiger partial charge in [-0.1, -0.05) is 28.9 Å². The van der Waals surface area contributed by atoms with Crippen LogP contribution in [0.1, 0.15) is 44.7 Å². The van der Waals surface area contributed by atoms with E-state index in [1.807, 2.05) is 20.8 Å². The molecule has 0 unspecified atom stereocenters. The lowest BCUT2D eigenvalue weighted by molar-refractivity contribution is 0.0209. The number of fused-ring (bicyclic) bond motifs is 1. The van der Waals surface area contributed by atoms with Crippen molar-refractivity contribution in [2.24, 2.45) is 0 Å². The summed E-state index contributed by atoms with van der Waals surface area (Å²) in [6.45, 7) is 9.15. The fourth-order valence-electron chi connectivity index (χ4n) is 2.36. The summed E-state index contributed by atoms with van der Waals surface area (Å²) in [5, 5.41) is 0. The summed E-state index contributed by atoms with van der Waals surface area (Å²) in [5.41, 5.74) is 2.07. The molecule has 19 heavy (non-hydrogen) atoms. The Labute approximate surface area is 123 Å². The van der Waals surface area contributed by atoms with Crippen LogP contribution in [-0.4, -0.2) is 23.1 Å². The van der Waals surface area contributed by atoms with E-state index in [2.05, 4.69) is 41.1 Å². The van der Waals surface area contributed by atoms with Crippen LogP contribution in [0.2, 0.25) is 0 Å². The first-order valence-corrected chi connectivity index (χ1v) is 7.32. The van der Waals surface area contributed by atoms with Crippen molar-refractivity contribution >= 4 is 22.0 Å². The van der Waals surface area contributed by atoms with Crippen LogP contribution < -0.4 is 0 Å². The van der Waals surface area contributed by atoms with Crippen LogP contribution in [0.4, 0.5) is 4.79 Å². The fourth-order valence-corrected chi connectivity index (χ4v) is 2.77. The molecule has 0 aromatic heterocycles. The molecule has 2 rings (SSSR count). The third-order valence-electron chi connectivity index (χ3n) is 3.14. The molecule has 1 aliphatic heterocycles. The third-order valence-corrected chi connectivity index (χ3v) is 3.64. The lowest BCUT2D eigenvalue weighted by Gasteiger charge is -2.34. The molecule has 1 atom stereocenters. The topological polar surface area (TPSA) is 29.5 Å². The summed E-state index contributed by atoms with van der Waals surface area (Å²) in [6, 6.07) is 6.28. The molecule has 0 N–H and O–H groups in total. The van der Waals surface area contributed by atoms with Crippen molar-refractivity contribution in [2.45, 2.75) is 45.8 Å². The van der Waals surface area contributed by atoms with E-state index in [1.165, 1.54) is 11.1 Å². The first-order valence-electron chi connectivity index (χ1n) is 6.52. The minimum Gasteiger partial charge on any atom is -0.444 e. The molecule has 0 saturated carbocycles. The molecule has 4 heteroatoms. The molecule has 1 amide bonds. The molecule has 0 spiro atoms. The number of rotatable bonds is 0. The summed E-state index contributed by atoms with van der Waals surface area (Å²) in [5.74, 6) is 0.337. The Morgan fingerprint density at radius 2 is 2.11 bits per heavy atom. The molecule has 1 aromatic carbocycles. The maximum atomic E-state index is 12.1. The van der Waals surface area contributed by atoms with E-state index in [0.717, 1.165) is 4.47 Å². The predicted octanol–water partition coefficient (Wildman–Crippen LogP) is 4.30. The fraction of sp³-hybridized carbons (Fsp3) is 0.533. The van der Waals surface area contributed by atoms with E-state index in [0.29, 0.717) is 19.0 Å². The summed E-state index contributed by atoms with van der Waals surface area (Å²) in [7, 11) is 0. The minimum atomic E-state index is -0.447. The van der Waals surface area contributed by atoms with Gasteiger partial charge in [-0.05, 0) is 49.9 Å². The highest BCUT2D eigenvalue weighted by Crippen LogP contribution is 2.30. The molecule has 3 nitrogen and oxygen atoms in total. The predicted molar refractivity (Wildman–Crippen MR) is 79.2 cm³/mol. The highest BCUT2D eigenvalue weighted by atomic mass is 79.9. The Morgan fingerprint density at radius 3 is 2.74 bits per heavy atom. The number of hydrogen-bond acceptors (Lipinski definition) is 2. The number of nitrogens with zero attached hydrogens (tertiary/aromatic N) is 1. The zero-order valence-corrected chi connectivity index (χ0v) is 13.5. The second-order valence-electron chi connectivity index (χ2n) is 6.11. The van der Waals surface area contributed by atoms with Gasteiger partial charge in [0.1, 0.15) is 5.60 Å². The molecule has 0 aliphatic carbocycles. The van der Waals surface area contributed by atoms with E-state index >= 15 is 0 Å². The lowest BCUT2D eigenvalue weighted by atomic mass is 9.91. The standard InChI is InChI=1S/C15H20BrNO2/c1-10-8-17(14(18)19-15(2,3)4)9-11-7-12(16)5-6-13(10)11/h5-7,10H,8-9H2,1-4H3/t10-/m0/s1. The van der Waals surface area contributed by atoms with Crippen molar-refractivity contribution in [1.82, 2.24) is 4.90 Å². The molecule has 0 bridgehead atoms. The van der Waals surface area contributed by atoms with Crippen molar-refractivity contribution < 1.29 is 9.53 Å². The van der Waals surface area contributed by atoms with E-state index in [-0.39, 0.29) is 6.09 Å². The van der Waals surface area contributed by atoms with E-state index in [9.17, 15) is 4.79 Å². The molecule has 0 saturated heterocycles. The number of amides is 1. The van der Waals surface area contributed by atoms with Gasteiger partial charge in [0.2, 0.25) is 0 Å². The number of carbonyl (C=O) groups is 1. The molecule has 1 aromatic rings. The molecular formula is C15H20BrNO2. The molecule has 0 radical (unpaired) electrons. The Hall–Kier alpha value is -1.03. The molecule has 104 valence electrons. The number of hydrogen-bond donors (Lipinski definition) is 0. The summed E-state index contributed by atoms with van der Waals surface area (Å²) in [6.07, 6.45) is -0.232. The zero-order valence-electron chi connectivity index (χ0n) is 11.9. The third kappa shape index (κ3) is 3.50. The Bertz CT molecular complexity index is 493. The van der Waals surface area contributed by atoms with Gasteiger partial charge < -0.3 is 9.64 Å². The summed E-state index contributed by atoms with van der Waals surface area (Å²) < 4.78 is 6.49. The van der Waals surface area contributed by atoms with Gasteiger partial charge in [-0.15, -0.1) is 0 Å². The average Bonchev–Trinajstić information content (AvgIpc) is 2.25. The van der Waals surface area contributed by atoms with E-state index < -0.39 is 5.60 Å². The number of benzene rings is 1. The van der Waals surface area contributed by atoms with Crippen LogP contribution in [0.25, 0.3) is 0 Å². The number of halogens is 1. The number of carbonyl (C=O) groups excluding carboxylic acids is 1. The van der Waals surface area contributed by atoms with Crippen molar-refractivity contribution in [3.63, 3.8) is 0 Å². The van der Waals surface area contributed by atoms with Crippen molar-refractivity contribution in [2.75, 3.05) is 6.54 Å². The van der Waals surface area contributed by atoms with Gasteiger partial charge in [-0.25, -0.2) is 4.79 Å². The smallest absolute Gasteiger partial charge is 0.410 e. The van der Waals surface area contributed by atoms with Gasteiger partial charge in [0.25, 0.3) is 0 Å². The van der Waals surface area contributed by atoms with Gasteiger partial charge in [-0.2, -0.15) is 0 Å². The SMILES string of the molecule is C[C@H]1CN(C(=O)OC(C)(C)C)Cc2cc(Br)ccc21. The van der Waals surface area contributed by atoms with Gasteiger partial charge in [0.15, 0.2) is 0 Å². The monoisotopic (exact) mass is 325 g/mol. The molecule has 1 heterocycles. The van der Waals surface area contributed by atoms with Crippen molar-refractivity contribution in [1.29, 1.82) is 0 Å². The second-order valence-corrected chi connectivity index (χ2v) is 7.02. The minimum absolute atomic E-state index is 0.232. The van der Waals surface area contributed by atoms with E-state index in [4.69, 9.17) is 4.74 Å². The van der Waals surface area contributed by atoms with E-state index in [1.54, 1.807) is 4.90 Å². The normalized spacial score (nSPS) is 19.0. The molecule has 1 aliphatic rings. The van der Waals surface area contributed by atoms with Crippen LogP contribution in [-0.2, 0) is 11.3 Å². The van der Waals surface area contributed by atoms with Crippen molar-refractivity contribution in [3.05, 3.63) is 33.8 Å². The summed E-state index contributed by atoms with van der Waals surface area (Å²) in [4.78, 5) is 13.9. The quantitative estimate of drug-likeness (QED) is 0.711. The highest BCUT2D eigenvalue weighted by Gasteiger charge is 2.28. The number of ether oxygens (including phenoxy) is 1. The van der Waals surface area contributed by atoms with Crippen LogP contribution >= 0.6 is 15.9 Å². The Balaban J connectivity index is 2.18. The van der Waals surface area contributed by atoms with Gasteiger partial charge >= 0.3 is 6.09 Å². The van der Waals surface area contributed by atoms with Gasteiger partial charge in [0, 0.05) is 17.6 Å². The largest absolute Gasteiger partial charge is 0.444 e.